The Balaban J connectivity index is 1.90. The van der Waals surface area contributed by atoms with Crippen LogP contribution in [0.3, 0.4) is 0 Å². The van der Waals surface area contributed by atoms with Gasteiger partial charge in [0.25, 0.3) is 0 Å². The summed E-state index contributed by atoms with van der Waals surface area (Å²) in [5, 5.41) is 3.43. The zero-order valence-corrected chi connectivity index (χ0v) is 11.8. The lowest BCUT2D eigenvalue weighted by Gasteiger charge is -2.12. The van der Waals surface area contributed by atoms with Gasteiger partial charge in [0, 0.05) is 18.2 Å². The predicted octanol–water partition coefficient (Wildman–Crippen LogP) is 3.89. The lowest BCUT2D eigenvalue weighted by Crippen LogP contribution is -2.15. The number of benzene rings is 2. The van der Waals surface area contributed by atoms with E-state index in [0.717, 1.165) is 22.9 Å². The standard InChI is InChI=1S/C17H17F2NO/c1-21-17-7-3-11(8-13(17)10-20-14-4-5-14)12-2-6-15(18)16(19)9-12/h2-3,6-9,14,20H,4-5,10H2,1H3. The van der Waals surface area contributed by atoms with Gasteiger partial charge < -0.3 is 10.1 Å². The number of halogens is 2. The van der Waals surface area contributed by atoms with Crippen molar-refractivity contribution in [2.45, 2.75) is 25.4 Å². The third-order valence-corrected chi connectivity index (χ3v) is 3.69. The molecule has 0 heterocycles. The lowest BCUT2D eigenvalue weighted by molar-refractivity contribution is 0.407. The summed E-state index contributed by atoms with van der Waals surface area (Å²) in [5.41, 5.74) is 2.53. The van der Waals surface area contributed by atoms with Crippen LogP contribution in [0.2, 0.25) is 0 Å². The summed E-state index contributed by atoms with van der Waals surface area (Å²) in [5.74, 6) is -0.863. The summed E-state index contributed by atoms with van der Waals surface area (Å²) in [6, 6.07) is 10.2. The summed E-state index contributed by atoms with van der Waals surface area (Å²) in [4.78, 5) is 0. The van der Waals surface area contributed by atoms with E-state index in [4.69, 9.17) is 4.74 Å². The highest BCUT2D eigenvalue weighted by molar-refractivity contribution is 5.65. The minimum Gasteiger partial charge on any atom is -0.496 e. The van der Waals surface area contributed by atoms with Crippen molar-refractivity contribution in [1.82, 2.24) is 5.32 Å². The molecular weight excluding hydrogens is 272 g/mol. The number of rotatable bonds is 5. The zero-order chi connectivity index (χ0) is 14.8. The molecule has 0 atom stereocenters. The topological polar surface area (TPSA) is 21.3 Å². The van der Waals surface area contributed by atoms with Crippen molar-refractivity contribution in [3.05, 3.63) is 53.6 Å². The summed E-state index contributed by atoms with van der Waals surface area (Å²) >= 11 is 0. The fourth-order valence-corrected chi connectivity index (χ4v) is 2.31. The minimum atomic E-state index is -0.832. The van der Waals surface area contributed by atoms with Crippen LogP contribution in [-0.4, -0.2) is 13.2 Å². The first-order chi connectivity index (χ1) is 10.2. The molecule has 2 aromatic rings. The maximum Gasteiger partial charge on any atom is 0.159 e. The van der Waals surface area contributed by atoms with E-state index in [9.17, 15) is 8.78 Å². The highest BCUT2D eigenvalue weighted by Crippen LogP contribution is 2.28. The smallest absolute Gasteiger partial charge is 0.159 e. The van der Waals surface area contributed by atoms with Crippen molar-refractivity contribution < 1.29 is 13.5 Å². The minimum absolute atomic E-state index is 0.599. The van der Waals surface area contributed by atoms with Crippen LogP contribution >= 0.6 is 0 Å². The molecule has 1 N–H and O–H groups in total. The average Bonchev–Trinajstić information content (AvgIpc) is 3.32. The average molecular weight is 289 g/mol. The van der Waals surface area contributed by atoms with Crippen LogP contribution in [0.1, 0.15) is 18.4 Å². The molecule has 0 aliphatic heterocycles. The Morgan fingerprint density at radius 3 is 2.43 bits per heavy atom. The van der Waals surface area contributed by atoms with Crippen LogP contribution < -0.4 is 10.1 Å². The van der Waals surface area contributed by atoms with Gasteiger partial charge in [0.05, 0.1) is 7.11 Å². The maximum absolute atomic E-state index is 13.4. The molecule has 0 amide bonds. The third-order valence-electron chi connectivity index (χ3n) is 3.69. The second kappa shape index (κ2) is 5.82. The van der Waals surface area contributed by atoms with Crippen LogP contribution in [0.5, 0.6) is 5.75 Å². The van der Waals surface area contributed by atoms with Gasteiger partial charge in [-0.3, -0.25) is 0 Å². The van der Waals surface area contributed by atoms with E-state index in [1.807, 2.05) is 18.2 Å². The first-order valence-corrected chi connectivity index (χ1v) is 7.03. The van der Waals surface area contributed by atoms with Gasteiger partial charge in [-0.2, -0.15) is 0 Å². The van der Waals surface area contributed by atoms with Gasteiger partial charge in [-0.05, 0) is 48.2 Å². The molecule has 2 aromatic carbocycles. The molecule has 2 nitrogen and oxygen atoms in total. The van der Waals surface area contributed by atoms with Crippen molar-refractivity contribution in [2.24, 2.45) is 0 Å². The van der Waals surface area contributed by atoms with E-state index in [1.165, 1.54) is 18.9 Å². The Bertz CT molecular complexity index is 653. The number of ether oxygens (including phenoxy) is 1. The van der Waals surface area contributed by atoms with Gasteiger partial charge in [-0.15, -0.1) is 0 Å². The highest BCUT2D eigenvalue weighted by Gasteiger charge is 2.20. The van der Waals surface area contributed by atoms with Gasteiger partial charge in [0.2, 0.25) is 0 Å². The second-order valence-corrected chi connectivity index (χ2v) is 5.31. The Morgan fingerprint density at radius 2 is 1.76 bits per heavy atom. The Kier molecular flexibility index (Phi) is 3.88. The normalized spacial score (nSPS) is 14.2. The van der Waals surface area contributed by atoms with Crippen molar-refractivity contribution in [3.8, 4) is 16.9 Å². The molecule has 21 heavy (non-hydrogen) atoms. The molecule has 1 aliphatic rings. The summed E-state index contributed by atoms with van der Waals surface area (Å²) in [7, 11) is 1.63. The molecule has 1 saturated carbocycles. The monoisotopic (exact) mass is 289 g/mol. The van der Waals surface area contributed by atoms with Gasteiger partial charge in [-0.1, -0.05) is 12.1 Å². The number of nitrogens with one attached hydrogen (secondary N) is 1. The molecule has 0 aromatic heterocycles. The van der Waals surface area contributed by atoms with E-state index in [0.29, 0.717) is 18.2 Å². The van der Waals surface area contributed by atoms with E-state index >= 15 is 0 Å². The summed E-state index contributed by atoms with van der Waals surface area (Å²) < 4.78 is 31.7. The molecule has 1 fully saturated rings. The molecule has 1 aliphatic carbocycles. The number of hydrogen-bond donors (Lipinski definition) is 1. The van der Waals surface area contributed by atoms with Crippen molar-refractivity contribution >= 4 is 0 Å². The summed E-state index contributed by atoms with van der Waals surface area (Å²) in [6.45, 7) is 0.714. The molecule has 4 heteroatoms. The molecule has 0 bridgehead atoms. The molecule has 0 spiro atoms. The second-order valence-electron chi connectivity index (χ2n) is 5.31. The fourth-order valence-electron chi connectivity index (χ4n) is 2.31. The van der Waals surface area contributed by atoms with Gasteiger partial charge in [0.1, 0.15) is 5.75 Å². The van der Waals surface area contributed by atoms with E-state index in [-0.39, 0.29) is 0 Å². The largest absolute Gasteiger partial charge is 0.496 e. The molecule has 110 valence electrons. The van der Waals surface area contributed by atoms with Crippen LogP contribution in [0, 0.1) is 11.6 Å². The zero-order valence-electron chi connectivity index (χ0n) is 11.8. The fraction of sp³-hybridized carbons (Fsp3) is 0.294. The van der Waals surface area contributed by atoms with Crippen LogP contribution in [0.15, 0.2) is 36.4 Å². The number of hydrogen-bond acceptors (Lipinski definition) is 2. The van der Waals surface area contributed by atoms with E-state index in [2.05, 4.69) is 5.32 Å². The van der Waals surface area contributed by atoms with Crippen LogP contribution in [0.25, 0.3) is 11.1 Å². The van der Waals surface area contributed by atoms with Crippen molar-refractivity contribution in [3.63, 3.8) is 0 Å². The highest BCUT2D eigenvalue weighted by atomic mass is 19.2. The summed E-state index contributed by atoms with van der Waals surface area (Å²) in [6.07, 6.45) is 2.43. The van der Waals surface area contributed by atoms with Gasteiger partial charge >= 0.3 is 0 Å². The van der Waals surface area contributed by atoms with E-state index < -0.39 is 11.6 Å². The Hall–Kier alpha value is -1.94. The van der Waals surface area contributed by atoms with Crippen molar-refractivity contribution in [1.29, 1.82) is 0 Å². The molecule has 0 radical (unpaired) electrons. The Morgan fingerprint density at radius 1 is 1.05 bits per heavy atom. The maximum atomic E-state index is 13.4. The quantitative estimate of drug-likeness (QED) is 0.901. The van der Waals surface area contributed by atoms with Gasteiger partial charge in [-0.25, -0.2) is 8.78 Å². The van der Waals surface area contributed by atoms with Crippen molar-refractivity contribution in [2.75, 3.05) is 7.11 Å². The molecule has 0 saturated heterocycles. The van der Waals surface area contributed by atoms with E-state index in [1.54, 1.807) is 13.2 Å². The SMILES string of the molecule is COc1ccc(-c2ccc(F)c(F)c2)cc1CNC1CC1. The van der Waals surface area contributed by atoms with Gasteiger partial charge in [0.15, 0.2) is 11.6 Å². The molecule has 3 rings (SSSR count). The molecule has 0 unspecified atom stereocenters. The van der Waals surface area contributed by atoms with Crippen LogP contribution in [0.4, 0.5) is 8.78 Å². The first-order valence-electron chi connectivity index (χ1n) is 7.03. The number of methoxy groups -OCH3 is 1. The Labute approximate surface area is 122 Å². The van der Waals surface area contributed by atoms with Crippen LogP contribution in [-0.2, 0) is 6.54 Å². The first kappa shape index (κ1) is 14.0. The third kappa shape index (κ3) is 3.22. The molecular formula is C17H17F2NO. The predicted molar refractivity (Wildman–Crippen MR) is 78.2 cm³/mol. The lowest BCUT2D eigenvalue weighted by atomic mass is 10.0.